The van der Waals surface area contributed by atoms with Gasteiger partial charge >= 0.3 is 0 Å². The summed E-state index contributed by atoms with van der Waals surface area (Å²) in [5.41, 5.74) is 7.14. The van der Waals surface area contributed by atoms with Gasteiger partial charge in [-0.15, -0.1) is 12.4 Å². The average molecular weight is 274 g/mol. The van der Waals surface area contributed by atoms with Crippen LogP contribution in [0.5, 0.6) is 11.5 Å². The van der Waals surface area contributed by atoms with Gasteiger partial charge in [0.2, 0.25) is 0 Å². The molecule has 0 saturated heterocycles. The molecule has 0 amide bonds. The molecule has 4 heteroatoms. The van der Waals surface area contributed by atoms with E-state index in [4.69, 9.17) is 10.5 Å². The number of aromatic hydroxyl groups is 1. The van der Waals surface area contributed by atoms with Gasteiger partial charge in [-0.05, 0) is 31.0 Å². The van der Waals surface area contributed by atoms with Gasteiger partial charge in [-0.1, -0.05) is 32.3 Å². The van der Waals surface area contributed by atoms with Crippen LogP contribution < -0.4 is 10.5 Å². The first-order chi connectivity index (χ1) is 8.19. The van der Waals surface area contributed by atoms with Gasteiger partial charge in [0, 0.05) is 6.04 Å². The van der Waals surface area contributed by atoms with Crippen molar-refractivity contribution in [2.45, 2.75) is 45.6 Å². The SMILES string of the molecule is CCCCC[C@H](N)c1ccc(O)c(OCC)c1.Cl. The number of phenols is 1. The van der Waals surface area contributed by atoms with Gasteiger partial charge in [-0.3, -0.25) is 0 Å². The molecule has 1 aromatic carbocycles. The van der Waals surface area contributed by atoms with Gasteiger partial charge in [0.1, 0.15) is 0 Å². The number of hydrogen-bond donors (Lipinski definition) is 2. The van der Waals surface area contributed by atoms with Crippen molar-refractivity contribution in [2.75, 3.05) is 6.61 Å². The molecule has 3 nitrogen and oxygen atoms in total. The summed E-state index contributed by atoms with van der Waals surface area (Å²) in [6.45, 7) is 4.62. The summed E-state index contributed by atoms with van der Waals surface area (Å²) >= 11 is 0. The zero-order valence-electron chi connectivity index (χ0n) is 11.2. The molecule has 0 spiro atoms. The van der Waals surface area contributed by atoms with Crippen LogP contribution in [0.2, 0.25) is 0 Å². The van der Waals surface area contributed by atoms with Crippen LogP contribution in [-0.2, 0) is 0 Å². The molecule has 3 N–H and O–H groups in total. The maximum atomic E-state index is 9.60. The maximum Gasteiger partial charge on any atom is 0.161 e. The van der Waals surface area contributed by atoms with E-state index in [1.165, 1.54) is 12.8 Å². The molecule has 0 saturated carbocycles. The lowest BCUT2D eigenvalue weighted by molar-refractivity contribution is 0.317. The first kappa shape index (κ1) is 17.1. The van der Waals surface area contributed by atoms with Crippen LogP contribution in [0.3, 0.4) is 0 Å². The van der Waals surface area contributed by atoms with Crippen molar-refractivity contribution >= 4 is 12.4 Å². The number of unbranched alkanes of at least 4 members (excludes halogenated alkanes) is 2. The van der Waals surface area contributed by atoms with Gasteiger partial charge in [0.15, 0.2) is 11.5 Å². The number of hydrogen-bond acceptors (Lipinski definition) is 3. The van der Waals surface area contributed by atoms with E-state index in [0.29, 0.717) is 12.4 Å². The van der Waals surface area contributed by atoms with Crippen LogP contribution >= 0.6 is 12.4 Å². The number of ether oxygens (including phenoxy) is 1. The predicted octanol–water partition coefficient (Wildman–Crippen LogP) is 3.79. The van der Waals surface area contributed by atoms with Gasteiger partial charge in [0.05, 0.1) is 6.61 Å². The van der Waals surface area contributed by atoms with Crippen molar-refractivity contribution in [3.8, 4) is 11.5 Å². The Kier molecular flexibility index (Phi) is 8.59. The van der Waals surface area contributed by atoms with Crippen molar-refractivity contribution in [1.82, 2.24) is 0 Å². The van der Waals surface area contributed by atoms with E-state index in [0.717, 1.165) is 18.4 Å². The fourth-order valence-corrected chi connectivity index (χ4v) is 1.81. The monoisotopic (exact) mass is 273 g/mol. The number of benzene rings is 1. The highest BCUT2D eigenvalue weighted by Crippen LogP contribution is 2.30. The molecule has 0 bridgehead atoms. The lowest BCUT2D eigenvalue weighted by atomic mass is 10.0. The number of rotatable bonds is 7. The van der Waals surface area contributed by atoms with Crippen molar-refractivity contribution in [3.05, 3.63) is 23.8 Å². The topological polar surface area (TPSA) is 55.5 Å². The summed E-state index contributed by atoms with van der Waals surface area (Å²) < 4.78 is 5.35. The highest BCUT2D eigenvalue weighted by molar-refractivity contribution is 5.85. The van der Waals surface area contributed by atoms with E-state index in [1.54, 1.807) is 6.07 Å². The first-order valence-corrected chi connectivity index (χ1v) is 6.40. The molecule has 1 rings (SSSR count). The van der Waals surface area contributed by atoms with E-state index in [2.05, 4.69) is 6.92 Å². The minimum Gasteiger partial charge on any atom is -0.504 e. The van der Waals surface area contributed by atoms with E-state index >= 15 is 0 Å². The quantitative estimate of drug-likeness (QED) is 0.743. The van der Waals surface area contributed by atoms with Crippen LogP contribution in [0.15, 0.2) is 18.2 Å². The minimum atomic E-state index is 0. The summed E-state index contributed by atoms with van der Waals surface area (Å²) in [6.07, 6.45) is 4.53. The van der Waals surface area contributed by atoms with Crippen LogP contribution in [0.25, 0.3) is 0 Å². The molecule has 104 valence electrons. The predicted molar refractivity (Wildman–Crippen MR) is 77.6 cm³/mol. The van der Waals surface area contributed by atoms with Crippen LogP contribution in [0.4, 0.5) is 0 Å². The molecule has 0 radical (unpaired) electrons. The molecule has 1 atom stereocenters. The third-order valence-electron chi connectivity index (χ3n) is 2.83. The first-order valence-electron chi connectivity index (χ1n) is 6.40. The smallest absolute Gasteiger partial charge is 0.161 e. The van der Waals surface area contributed by atoms with E-state index in [9.17, 15) is 5.11 Å². The Bertz CT molecular complexity index is 345. The van der Waals surface area contributed by atoms with Gasteiger partial charge in [-0.25, -0.2) is 0 Å². The van der Waals surface area contributed by atoms with Crippen LogP contribution in [-0.4, -0.2) is 11.7 Å². The zero-order chi connectivity index (χ0) is 12.7. The van der Waals surface area contributed by atoms with Gasteiger partial charge in [0.25, 0.3) is 0 Å². The van der Waals surface area contributed by atoms with Crippen molar-refractivity contribution in [3.63, 3.8) is 0 Å². The Labute approximate surface area is 116 Å². The molecule has 0 heterocycles. The standard InChI is InChI=1S/C14H23NO2.ClH/c1-3-5-6-7-12(15)11-8-9-13(16)14(10-11)17-4-2;/h8-10,12,16H,3-7,15H2,1-2H3;1H/t12-;/m0./s1. The maximum absolute atomic E-state index is 9.60. The molecule has 0 aliphatic rings. The molecule has 0 aliphatic carbocycles. The summed E-state index contributed by atoms with van der Waals surface area (Å²) in [5, 5.41) is 9.60. The highest BCUT2D eigenvalue weighted by Gasteiger charge is 2.09. The fraction of sp³-hybridized carbons (Fsp3) is 0.571. The Morgan fingerprint density at radius 2 is 2.00 bits per heavy atom. The number of phenolic OH excluding ortho intramolecular Hbond substituents is 1. The fourth-order valence-electron chi connectivity index (χ4n) is 1.81. The lowest BCUT2D eigenvalue weighted by Gasteiger charge is -2.14. The highest BCUT2D eigenvalue weighted by atomic mass is 35.5. The minimum absolute atomic E-state index is 0. The Balaban J connectivity index is 0.00000289. The second-order valence-corrected chi connectivity index (χ2v) is 4.26. The molecule has 1 aromatic rings. The largest absolute Gasteiger partial charge is 0.504 e. The molecular weight excluding hydrogens is 250 g/mol. The number of halogens is 1. The zero-order valence-corrected chi connectivity index (χ0v) is 12.0. The molecule has 0 aromatic heterocycles. The Hall–Kier alpha value is -0.930. The summed E-state index contributed by atoms with van der Waals surface area (Å²) in [6, 6.07) is 5.39. The van der Waals surface area contributed by atoms with Crippen LogP contribution in [0.1, 0.15) is 51.1 Å². The summed E-state index contributed by atoms with van der Waals surface area (Å²) in [7, 11) is 0. The second-order valence-electron chi connectivity index (χ2n) is 4.26. The van der Waals surface area contributed by atoms with Gasteiger partial charge < -0.3 is 15.6 Å². The molecule has 0 unspecified atom stereocenters. The van der Waals surface area contributed by atoms with E-state index in [-0.39, 0.29) is 24.2 Å². The Morgan fingerprint density at radius 1 is 1.28 bits per heavy atom. The molecule has 18 heavy (non-hydrogen) atoms. The van der Waals surface area contributed by atoms with Gasteiger partial charge in [-0.2, -0.15) is 0 Å². The summed E-state index contributed by atoms with van der Waals surface area (Å²) in [5.74, 6) is 0.701. The van der Waals surface area contributed by atoms with E-state index < -0.39 is 0 Å². The van der Waals surface area contributed by atoms with Crippen molar-refractivity contribution in [1.29, 1.82) is 0 Å². The third kappa shape index (κ3) is 5.15. The third-order valence-corrected chi connectivity index (χ3v) is 2.83. The molecule has 0 fully saturated rings. The second kappa shape index (κ2) is 9.06. The van der Waals surface area contributed by atoms with Crippen molar-refractivity contribution < 1.29 is 9.84 Å². The van der Waals surface area contributed by atoms with Crippen molar-refractivity contribution in [2.24, 2.45) is 5.73 Å². The lowest BCUT2D eigenvalue weighted by Crippen LogP contribution is -2.10. The molecule has 0 aliphatic heterocycles. The average Bonchev–Trinajstić information content (AvgIpc) is 2.32. The van der Waals surface area contributed by atoms with E-state index in [1.807, 2.05) is 19.1 Å². The Morgan fingerprint density at radius 3 is 2.61 bits per heavy atom. The number of nitrogens with two attached hydrogens (primary N) is 1. The van der Waals surface area contributed by atoms with Crippen LogP contribution in [0, 0.1) is 0 Å². The normalized spacial score (nSPS) is 11.7. The summed E-state index contributed by atoms with van der Waals surface area (Å²) in [4.78, 5) is 0. The molecular formula is C14H24ClNO2.